The average molecular weight is 470 g/mol. The van der Waals surface area contributed by atoms with Crippen LogP contribution in [0, 0.1) is 51.8 Å². The summed E-state index contributed by atoms with van der Waals surface area (Å²) >= 11 is 0. The number of rotatable bonds is 1. The second-order valence-corrected chi connectivity index (χ2v) is 13.0. The van der Waals surface area contributed by atoms with E-state index >= 15 is 0 Å². The maximum absolute atomic E-state index is 14.9. The Morgan fingerprint density at radius 3 is 2.37 bits per heavy atom. The number of carbonyl (C=O) groups is 2. The fourth-order valence-corrected chi connectivity index (χ4v) is 9.73. The molecule has 2 saturated carbocycles. The Morgan fingerprint density at radius 2 is 1.66 bits per heavy atom. The van der Waals surface area contributed by atoms with Gasteiger partial charge in [0, 0.05) is 22.9 Å². The van der Waals surface area contributed by atoms with E-state index in [0.29, 0.717) is 11.8 Å². The lowest BCUT2D eigenvalue weighted by atomic mass is 9.49. The number of carbonyl (C=O) groups excluding carboxylic acids is 2. The highest BCUT2D eigenvalue weighted by Crippen LogP contribution is 2.73. The third-order valence-electron chi connectivity index (χ3n) is 10.9. The first-order chi connectivity index (χ1) is 16.5. The van der Waals surface area contributed by atoms with Crippen molar-refractivity contribution in [1.82, 2.24) is 5.32 Å². The van der Waals surface area contributed by atoms with E-state index in [0.717, 1.165) is 24.1 Å². The number of hydrogen-bond acceptors (Lipinski definition) is 2. The first-order valence-corrected chi connectivity index (χ1v) is 13.6. The van der Waals surface area contributed by atoms with Crippen molar-refractivity contribution in [3.63, 3.8) is 0 Å². The Bertz CT molecular complexity index is 1210. The minimum absolute atomic E-state index is 0.0384. The molecule has 4 aliphatic carbocycles. The summed E-state index contributed by atoms with van der Waals surface area (Å²) in [5.41, 5.74) is 3.09. The van der Waals surface area contributed by atoms with E-state index in [1.165, 1.54) is 17.6 Å². The van der Waals surface area contributed by atoms with Gasteiger partial charge < -0.3 is 5.32 Å². The van der Waals surface area contributed by atoms with Crippen LogP contribution >= 0.6 is 0 Å². The van der Waals surface area contributed by atoms with E-state index in [2.05, 4.69) is 77.2 Å². The van der Waals surface area contributed by atoms with Gasteiger partial charge in [-0.3, -0.25) is 9.59 Å². The van der Waals surface area contributed by atoms with Crippen LogP contribution in [0.25, 0.3) is 6.08 Å². The van der Waals surface area contributed by atoms with E-state index in [1.807, 2.05) is 18.2 Å². The molecule has 1 spiro atoms. The molecule has 1 saturated heterocycles. The number of Topliss-reactive ketones (excluding diaryl/α,β-unsaturated/α-hetero) is 1. The van der Waals surface area contributed by atoms with Gasteiger partial charge in [0.2, 0.25) is 5.91 Å². The van der Waals surface area contributed by atoms with Crippen LogP contribution in [0.2, 0.25) is 0 Å². The molecule has 5 aliphatic rings. The van der Waals surface area contributed by atoms with Crippen LogP contribution in [0.1, 0.15) is 66.4 Å². The smallest absolute Gasteiger partial charge is 0.239 e. The van der Waals surface area contributed by atoms with Crippen LogP contribution in [-0.2, 0) is 9.59 Å². The lowest BCUT2D eigenvalue weighted by Gasteiger charge is -2.52. The van der Waals surface area contributed by atoms with Gasteiger partial charge in [0.15, 0.2) is 5.78 Å². The average Bonchev–Trinajstić information content (AvgIpc) is 3.19. The molecule has 184 valence electrons. The van der Waals surface area contributed by atoms with Gasteiger partial charge in [0.1, 0.15) is 5.41 Å². The van der Waals surface area contributed by atoms with Gasteiger partial charge in [-0.25, -0.2) is 0 Å². The van der Waals surface area contributed by atoms with Crippen LogP contribution in [-0.4, -0.2) is 11.7 Å². The van der Waals surface area contributed by atoms with Crippen molar-refractivity contribution in [1.29, 1.82) is 0 Å². The summed E-state index contributed by atoms with van der Waals surface area (Å²) in [4.78, 5) is 29.1. The molecule has 0 unspecified atom stereocenters. The molecule has 3 fully saturated rings. The van der Waals surface area contributed by atoms with Gasteiger partial charge in [0.05, 0.1) is 0 Å². The van der Waals surface area contributed by atoms with Crippen molar-refractivity contribution < 1.29 is 9.59 Å². The highest BCUT2D eigenvalue weighted by molar-refractivity contribution is 6.14. The molecule has 1 aromatic rings. The first kappa shape index (κ1) is 23.0. The summed E-state index contributed by atoms with van der Waals surface area (Å²) in [5.74, 6) is 1.13. The lowest BCUT2D eigenvalue weighted by molar-refractivity contribution is -0.147. The zero-order valence-corrected chi connectivity index (χ0v) is 22.0. The van der Waals surface area contributed by atoms with Crippen molar-refractivity contribution >= 4 is 17.8 Å². The molecule has 0 radical (unpaired) electrons. The Labute approximate surface area is 210 Å². The molecule has 6 rings (SSSR count). The van der Waals surface area contributed by atoms with Crippen molar-refractivity contribution in [2.45, 2.75) is 60.8 Å². The molecule has 9 atom stereocenters. The first-order valence-electron chi connectivity index (χ1n) is 13.6. The fraction of sp³-hybridized carbons (Fsp3) is 0.562. The predicted octanol–water partition coefficient (Wildman–Crippen LogP) is 6.58. The molecule has 3 nitrogen and oxygen atoms in total. The SMILES string of the molecule is CC1=C[C@]2(C)C[C@H](C)CC[C@H]2[C@@H]2C(=O)[C@]34C(=O)N/C(=C\c5ccccc5)[C@H]3[C@@H](C)C(C)=C[C@@]4(C)[C@H]12. The van der Waals surface area contributed by atoms with Gasteiger partial charge in [0.25, 0.3) is 0 Å². The molecular weight excluding hydrogens is 430 g/mol. The number of benzene rings is 1. The third kappa shape index (κ3) is 2.73. The van der Waals surface area contributed by atoms with Gasteiger partial charge in [-0.05, 0) is 67.4 Å². The maximum Gasteiger partial charge on any atom is 0.239 e. The van der Waals surface area contributed by atoms with Crippen LogP contribution in [0.4, 0.5) is 0 Å². The normalized spacial score (nSPS) is 47.3. The van der Waals surface area contributed by atoms with E-state index in [4.69, 9.17) is 0 Å². The molecule has 0 aromatic heterocycles. The zero-order chi connectivity index (χ0) is 24.9. The summed E-state index contributed by atoms with van der Waals surface area (Å²) in [6, 6.07) is 10.2. The largest absolute Gasteiger partial charge is 0.328 e. The molecule has 1 amide bonds. The molecule has 35 heavy (non-hydrogen) atoms. The second-order valence-electron chi connectivity index (χ2n) is 13.0. The Hall–Kier alpha value is -2.42. The predicted molar refractivity (Wildman–Crippen MR) is 140 cm³/mol. The Balaban J connectivity index is 1.57. The molecular formula is C32H39NO2. The molecule has 1 N–H and O–H groups in total. The minimum Gasteiger partial charge on any atom is -0.328 e. The van der Waals surface area contributed by atoms with E-state index in [9.17, 15) is 9.59 Å². The number of allylic oxidation sites excluding steroid dienone is 5. The number of ketones is 1. The molecule has 1 aliphatic heterocycles. The van der Waals surface area contributed by atoms with Crippen molar-refractivity contribution in [2.75, 3.05) is 0 Å². The standard InChI is InChI=1S/C32H39NO2/c1-18-12-13-23-25-26(20(3)16-30(23,5)15-18)31(6)17-19(2)21(4)27-24(14-22-10-8-7-9-11-22)33-29(35)32(27,31)28(25)34/h7-11,14,16-18,21,23,25-27H,12-13,15H2,1-6H3,(H,33,35)/b24-14-/t18-,21+,23+,25+,26-,27-,30+,31+,32+/m1/s1. The summed E-state index contributed by atoms with van der Waals surface area (Å²) in [6.45, 7) is 13.6. The lowest BCUT2D eigenvalue weighted by Crippen LogP contribution is -2.54. The second kappa shape index (κ2) is 7.31. The van der Waals surface area contributed by atoms with Crippen LogP contribution in [0.15, 0.2) is 59.3 Å². The minimum atomic E-state index is -1.04. The summed E-state index contributed by atoms with van der Waals surface area (Å²) in [7, 11) is 0. The topological polar surface area (TPSA) is 46.2 Å². The Morgan fingerprint density at radius 1 is 0.943 bits per heavy atom. The highest BCUT2D eigenvalue weighted by atomic mass is 16.2. The summed E-state index contributed by atoms with van der Waals surface area (Å²) < 4.78 is 0. The quantitative estimate of drug-likeness (QED) is 0.373. The fourth-order valence-electron chi connectivity index (χ4n) is 9.73. The van der Waals surface area contributed by atoms with Crippen molar-refractivity contribution in [3.8, 4) is 0 Å². The van der Waals surface area contributed by atoms with Gasteiger partial charge in [-0.15, -0.1) is 0 Å². The van der Waals surface area contributed by atoms with Gasteiger partial charge >= 0.3 is 0 Å². The molecule has 0 bridgehead atoms. The maximum atomic E-state index is 14.9. The van der Waals surface area contributed by atoms with Crippen molar-refractivity contribution in [2.24, 2.45) is 51.8 Å². The number of amides is 1. The van der Waals surface area contributed by atoms with E-state index in [-0.39, 0.29) is 40.8 Å². The number of nitrogens with one attached hydrogen (secondary N) is 1. The van der Waals surface area contributed by atoms with Crippen molar-refractivity contribution in [3.05, 3.63) is 64.9 Å². The molecule has 3 heteroatoms. The van der Waals surface area contributed by atoms with E-state index < -0.39 is 10.8 Å². The van der Waals surface area contributed by atoms with Crippen LogP contribution in [0.5, 0.6) is 0 Å². The number of fused-ring (bicyclic) bond motifs is 4. The molecule has 1 aromatic carbocycles. The Kier molecular flexibility index (Phi) is 4.80. The van der Waals surface area contributed by atoms with E-state index in [1.54, 1.807) is 0 Å². The number of hydrogen-bond donors (Lipinski definition) is 1. The van der Waals surface area contributed by atoms with Crippen LogP contribution < -0.4 is 5.32 Å². The van der Waals surface area contributed by atoms with Crippen LogP contribution in [0.3, 0.4) is 0 Å². The monoisotopic (exact) mass is 469 g/mol. The highest BCUT2D eigenvalue weighted by Gasteiger charge is 2.79. The third-order valence-corrected chi connectivity index (χ3v) is 10.9. The van der Waals surface area contributed by atoms with Gasteiger partial charge in [-0.2, -0.15) is 0 Å². The molecule has 1 heterocycles. The zero-order valence-electron chi connectivity index (χ0n) is 22.0. The summed E-state index contributed by atoms with van der Waals surface area (Å²) in [6.07, 6.45) is 10.3. The van der Waals surface area contributed by atoms with Gasteiger partial charge in [-0.1, -0.05) is 87.7 Å². The summed E-state index contributed by atoms with van der Waals surface area (Å²) in [5, 5.41) is 3.27.